The van der Waals surface area contributed by atoms with Crippen LogP contribution in [0.25, 0.3) is 33.9 Å². The largest absolute Gasteiger partial charge is 0.351 e. The average molecular weight is 358 g/mol. The van der Waals surface area contributed by atoms with Crippen molar-refractivity contribution in [1.29, 1.82) is 0 Å². The Balaban J connectivity index is 1.85. The van der Waals surface area contributed by atoms with Gasteiger partial charge in [0.25, 0.3) is 0 Å². The summed E-state index contributed by atoms with van der Waals surface area (Å²) in [6.07, 6.45) is 3.22. The van der Waals surface area contributed by atoms with Crippen molar-refractivity contribution in [2.24, 2.45) is 0 Å². The van der Waals surface area contributed by atoms with E-state index in [1.165, 1.54) is 6.92 Å². The molecule has 1 amide bonds. The van der Waals surface area contributed by atoms with Gasteiger partial charge in [0.2, 0.25) is 5.91 Å². The minimum atomic E-state index is -0.158. The van der Waals surface area contributed by atoms with Crippen molar-refractivity contribution in [3.8, 4) is 33.9 Å². The van der Waals surface area contributed by atoms with E-state index >= 15 is 0 Å². The summed E-state index contributed by atoms with van der Waals surface area (Å²) < 4.78 is 0. The molecule has 4 rings (SSSR count). The van der Waals surface area contributed by atoms with Crippen molar-refractivity contribution in [2.75, 3.05) is 5.32 Å². The summed E-state index contributed by atoms with van der Waals surface area (Å²) in [5.41, 5.74) is 5.97. The molecule has 0 fully saturated rings. The lowest BCUT2D eigenvalue weighted by Gasteiger charge is -2.05. The van der Waals surface area contributed by atoms with Gasteiger partial charge in [-0.2, -0.15) is 0 Å². The van der Waals surface area contributed by atoms with Crippen LogP contribution < -0.4 is 5.32 Å². The van der Waals surface area contributed by atoms with E-state index in [0.717, 1.165) is 33.6 Å². The van der Waals surface area contributed by atoms with Crippen molar-refractivity contribution in [3.05, 3.63) is 60.6 Å². The Bertz CT molecular complexity index is 1100. The smallest absolute Gasteiger partial charge is 0.222 e. The van der Waals surface area contributed by atoms with Gasteiger partial charge in [-0.3, -0.25) is 4.79 Å². The number of aromatic nitrogens is 5. The van der Waals surface area contributed by atoms with Crippen LogP contribution in [0.5, 0.6) is 0 Å². The number of carbonyl (C=O) groups is 1. The molecule has 0 aliphatic heterocycles. The van der Waals surface area contributed by atoms with E-state index in [1.54, 1.807) is 12.5 Å². The fourth-order valence-corrected chi connectivity index (χ4v) is 3.06. The first-order valence-corrected chi connectivity index (χ1v) is 8.51. The minimum Gasteiger partial charge on any atom is -0.351 e. The molecule has 3 heterocycles. The number of pyridine rings is 1. The molecule has 0 spiro atoms. The molecule has 0 radical (unpaired) electrons. The van der Waals surface area contributed by atoms with Gasteiger partial charge in [0.15, 0.2) is 5.82 Å². The van der Waals surface area contributed by atoms with Gasteiger partial charge < -0.3 is 15.3 Å². The summed E-state index contributed by atoms with van der Waals surface area (Å²) in [4.78, 5) is 22.0. The molecule has 0 atom stereocenters. The van der Waals surface area contributed by atoms with Gasteiger partial charge in [-0.1, -0.05) is 24.3 Å². The highest BCUT2D eigenvalue weighted by Gasteiger charge is 2.17. The highest BCUT2D eigenvalue weighted by Crippen LogP contribution is 2.36. The zero-order valence-electron chi connectivity index (χ0n) is 14.9. The molecule has 3 aromatic heterocycles. The summed E-state index contributed by atoms with van der Waals surface area (Å²) >= 11 is 0. The molecule has 134 valence electrons. The highest BCUT2D eigenvalue weighted by atomic mass is 16.1. The quantitative estimate of drug-likeness (QED) is 0.517. The summed E-state index contributed by atoms with van der Waals surface area (Å²) in [5.74, 6) is 1.01. The first-order chi connectivity index (χ1) is 13.1. The molecule has 0 saturated carbocycles. The maximum absolute atomic E-state index is 11.3. The van der Waals surface area contributed by atoms with Crippen molar-refractivity contribution < 1.29 is 4.79 Å². The predicted molar refractivity (Wildman–Crippen MR) is 104 cm³/mol. The number of anilines is 1. The van der Waals surface area contributed by atoms with Gasteiger partial charge >= 0.3 is 0 Å². The Labute approximate surface area is 155 Å². The summed E-state index contributed by atoms with van der Waals surface area (Å²) in [6.45, 7) is 3.54. The van der Waals surface area contributed by atoms with Crippen LogP contribution >= 0.6 is 0 Å². The molecule has 0 bridgehead atoms. The number of amides is 1. The van der Waals surface area contributed by atoms with Gasteiger partial charge in [-0.15, -0.1) is 10.2 Å². The Morgan fingerprint density at radius 3 is 2.70 bits per heavy atom. The SMILES string of the molecule is CC(=O)Nc1cc(-c2cc(-c3ccccc3C)c(-c3nnc[nH]3)[nH]2)ccn1. The summed E-state index contributed by atoms with van der Waals surface area (Å²) in [5, 5.41) is 10.8. The number of benzene rings is 1. The lowest BCUT2D eigenvalue weighted by Crippen LogP contribution is -2.07. The fraction of sp³-hybridized carbons (Fsp3) is 0.100. The highest BCUT2D eigenvalue weighted by molar-refractivity contribution is 5.89. The maximum Gasteiger partial charge on any atom is 0.222 e. The first kappa shape index (κ1) is 16.7. The van der Waals surface area contributed by atoms with Crippen LogP contribution in [0.15, 0.2) is 55.0 Å². The van der Waals surface area contributed by atoms with E-state index in [0.29, 0.717) is 11.6 Å². The molecule has 7 heteroatoms. The number of nitrogens with one attached hydrogen (secondary N) is 3. The van der Waals surface area contributed by atoms with E-state index in [4.69, 9.17) is 0 Å². The third kappa shape index (κ3) is 3.35. The Hall–Kier alpha value is -3.74. The van der Waals surface area contributed by atoms with Crippen molar-refractivity contribution in [3.63, 3.8) is 0 Å². The number of aromatic amines is 2. The zero-order chi connectivity index (χ0) is 18.8. The number of H-pyrrole nitrogens is 2. The third-order valence-electron chi connectivity index (χ3n) is 4.28. The van der Waals surface area contributed by atoms with Crippen molar-refractivity contribution in [1.82, 2.24) is 25.1 Å². The second-order valence-electron chi connectivity index (χ2n) is 6.24. The molecule has 1 aromatic carbocycles. The standard InChI is InChI=1S/C20H18N6O/c1-12-5-3-4-6-15(12)16-10-17(25-19(16)20-22-11-23-26-20)14-7-8-21-18(9-14)24-13(2)27/h3-11,25H,1-2H3,(H,21,24,27)(H,22,23,26). The molecule has 0 aliphatic carbocycles. The normalized spacial score (nSPS) is 10.7. The van der Waals surface area contributed by atoms with E-state index in [1.807, 2.05) is 24.3 Å². The number of aryl methyl sites for hydroxylation is 1. The van der Waals surface area contributed by atoms with Crippen LogP contribution in [0.1, 0.15) is 12.5 Å². The number of hydrogen-bond donors (Lipinski definition) is 3. The van der Waals surface area contributed by atoms with Crippen LogP contribution in [0, 0.1) is 6.92 Å². The van der Waals surface area contributed by atoms with Gasteiger partial charge in [0.05, 0.1) is 5.69 Å². The number of rotatable bonds is 4. The fourth-order valence-electron chi connectivity index (χ4n) is 3.06. The Morgan fingerprint density at radius 2 is 1.96 bits per heavy atom. The van der Waals surface area contributed by atoms with Gasteiger partial charge in [0, 0.05) is 29.9 Å². The number of nitrogens with zero attached hydrogens (tertiary/aromatic N) is 3. The van der Waals surface area contributed by atoms with Crippen LogP contribution in [0.2, 0.25) is 0 Å². The number of carbonyl (C=O) groups excluding carboxylic acids is 1. The Kier molecular flexibility index (Phi) is 4.25. The molecule has 0 aliphatic rings. The van der Waals surface area contributed by atoms with Crippen molar-refractivity contribution >= 4 is 11.7 Å². The average Bonchev–Trinajstić information content (AvgIpc) is 3.31. The molecule has 27 heavy (non-hydrogen) atoms. The van der Waals surface area contributed by atoms with E-state index in [-0.39, 0.29) is 5.91 Å². The summed E-state index contributed by atoms with van der Waals surface area (Å²) in [7, 11) is 0. The van der Waals surface area contributed by atoms with Crippen LogP contribution in [-0.4, -0.2) is 31.1 Å². The molecule has 4 aromatic rings. The van der Waals surface area contributed by atoms with Gasteiger partial charge in [-0.05, 0) is 36.2 Å². The first-order valence-electron chi connectivity index (χ1n) is 8.51. The Morgan fingerprint density at radius 1 is 1.11 bits per heavy atom. The molecule has 0 unspecified atom stereocenters. The predicted octanol–water partition coefficient (Wildman–Crippen LogP) is 3.80. The summed E-state index contributed by atoms with van der Waals surface area (Å²) in [6, 6.07) is 14.0. The molecule has 3 N–H and O–H groups in total. The molecule has 0 saturated heterocycles. The van der Waals surface area contributed by atoms with Gasteiger partial charge in [-0.25, -0.2) is 4.98 Å². The van der Waals surface area contributed by atoms with E-state index in [9.17, 15) is 4.79 Å². The maximum atomic E-state index is 11.3. The van der Waals surface area contributed by atoms with E-state index in [2.05, 4.69) is 55.6 Å². The topological polar surface area (TPSA) is 99.4 Å². The van der Waals surface area contributed by atoms with Crippen LogP contribution in [0.4, 0.5) is 5.82 Å². The van der Waals surface area contributed by atoms with E-state index < -0.39 is 0 Å². The molecular weight excluding hydrogens is 340 g/mol. The molecule has 7 nitrogen and oxygen atoms in total. The zero-order valence-corrected chi connectivity index (χ0v) is 14.9. The monoisotopic (exact) mass is 358 g/mol. The number of hydrogen-bond acceptors (Lipinski definition) is 4. The van der Waals surface area contributed by atoms with Crippen molar-refractivity contribution in [2.45, 2.75) is 13.8 Å². The third-order valence-corrected chi connectivity index (χ3v) is 4.28. The molecular formula is C20H18N6O. The minimum absolute atomic E-state index is 0.158. The van der Waals surface area contributed by atoms with Gasteiger partial charge in [0.1, 0.15) is 12.1 Å². The second kappa shape index (κ2) is 6.87. The lowest BCUT2D eigenvalue weighted by atomic mass is 10.00. The van der Waals surface area contributed by atoms with Crippen LogP contribution in [0.3, 0.4) is 0 Å². The van der Waals surface area contributed by atoms with Crippen LogP contribution in [-0.2, 0) is 4.79 Å². The lowest BCUT2D eigenvalue weighted by molar-refractivity contribution is -0.114. The second-order valence-corrected chi connectivity index (χ2v) is 6.24.